The Kier molecular flexibility index (Phi) is 36.1. The summed E-state index contributed by atoms with van der Waals surface area (Å²) in [7, 11) is 0. The molecule has 0 spiro atoms. The average Bonchev–Trinajstić information content (AvgIpc) is 3.72. The number of rotatable bonds is 3. The van der Waals surface area contributed by atoms with E-state index in [-0.39, 0.29) is 0 Å². The van der Waals surface area contributed by atoms with Gasteiger partial charge in [-0.2, -0.15) is 0 Å². The molecule has 0 nitrogen and oxygen atoms in total. The fourth-order valence-corrected chi connectivity index (χ4v) is 10.4. The molecule has 7 heteroatoms. The Bertz CT molecular complexity index is 3660. The summed E-state index contributed by atoms with van der Waals surface area (Å²) >= 11 is 30.7. The Labute approximate surface area is 588 Å². The van der Waals surface area contributed by atoms with Gasteiger partial charge in [0.05, 0.1) is 10.0 Å². The summed E-state index contributed by atoms with van der Waals surface area (Å²) in [4.78, 5) is 0. The highest BCUT2D eigenvalue weighted by Crippen LogP contribution is 2.25. The highest BCUT2D eigenvalue weighted by Gasteiger charge is 2.00. The second kappa shape index (κ2) is 42.7. The van der Waals surface area contributed by atoms with Crippen LogP contribution < -0.4 is 0 Å². The number of aryl methyl sites for hydroxylation is 10. The second-order valence-corrected chi connectivity index (χ2v) is 26.1. The minimum Gasteiger partial charge on any atom is -0.0843 e. The lowest BCUT2D eigenvalue weighted by molar-refractivity contribution is 1.39. The first-order valence-corrected chi connectivity index (χ1v) is 33.5. The van der Waals surface area contributed by atoms with E-state index in [1.54, 1.807) is 12.1 Å². The molecule has 12 aromatic rings. The maximum Gasteiger partial charge on any atom is 0.0621 e. The molecule has 456 valence electrons. The molecule has 0 aliphatic rings. The predicted molar refractivity (Wildman–Crippen MR) is 415 cm³/mol. The average molecular weight is 1540 g/mol. The summed E-state index contributed by atoms with van der Waals surface area (Å²) in [6, 6.07) is 101. The number of hydrogen-bond donors (Lipinski definition) is 0. The van der Waals surface area contributed by atoms with Crippen LogP contribution in [0.2, 0.25) is 20.1 Å². The van der Waals surface area contributed by atoms with Crippen molar-refractivity contribution in [3.63, 3.8) is 0 Å². The van der Waals surface area contributed by atoms with Crippen LogP contribution in [0.1, 0.15) is 55.6 Å². The third kappa shape index (κ3) is 32.4. The van der Waals surface area contributed by atoms with Gasteiger partial charge in [-0.25, -0.2) is 0 Å². The Morgan fingerprint density at radius 3 is 1.01 bits per heavy atom. The van der Waals surface area contributed by atoms with Crippen molar-refractivity contribution in [2.45, 2.75) is 69.2 Å². The molecule has 0 fully saturated rings. The van der Waals surface area contributed by atoms with Crippen LogP contribution in [0.4, 0.5) is 0 Å². The Hall–Kier alpha value is -6.26. The van der Waals surface area contributed by atoms with Gasteiger partial charge in [-0.3, -0.25) is 0 Å². The molecule has 12 rings (SSSR count). The van der Waals surface area contributed by atoms with E-state index in [0.717, 1.165) is 15.6 Å². The van der Waals surface area contributed by atoms with E-state index < -0.39 is 0 Å². The smallest absolute Gasteiger partial charge is 0.0621 e. The molecular weight excluding hydrogens is 1460 g/mol. The van der Waals surface area contributed by atoms with Crippen LogP contribution in [0.3, 0.4) is 0 Å². The van der Waals surface area contributed by atoms with Crippen molar-refractivity contribution in [2.75, 3.05) is 0 Å². The zero-order chi connectivity index (χ0) is 64.9. The van der Waals surface area contributed by atoms with Gasteiger partial charge in [0.15, 0.2) is 0 Å². The van der Waals surface area contributed by atoms with E-state index in [1.165, 1.54) is 85.0 Å². The zero-order valence-corrected chi connectivity index (χ0v) is 61.4. The first kappa shape index (κ1) is 75.2. The number of benzene rings is 12. The molecular formula is C82H79BrCl4I2. The van der Waals surface area contributed by atoms with Crippen molar-refractivity contribution in [1.82, 2.24) is 0 Å². The minimum absolute atomic E-state index is 0.622. The first-order chi connectivity index (χ1) is 42.6. The summed E-state index contributed by atoms with van der Waals surface area (Å²) in [5.41, 5.74) is 20.4. The number of halogens is 7. The lowest BCUT2D eigenvalue weighted by Gasteiger charge is -2.04. The molecule has 0 bridgehead atoms. The lowest BCUT2D eigenvalue weighted by Crippen LogP contribution is -1.80. The molecule has 0 aliphatic heterocycles. The molecule has 0 amide bonds. The maximum atomic E-state index is 5.75. The van der Waals surface area contributed by atoms with E-state index >= 15 is 0 Å². The molecule has 0 heterocycles. The molecule has 0 atom stereocenters. The van der Waals surface area contributed by atoms with E-state index in [2.05, 4.69) is 347 Å². The van der Waals surface area contributed by atoms with Crippen LogP contribution in [0.15, 0.2) is 302 Å². The van der Waals surface area contributed by atoms with Crippen LogP contribution >= 0.6 is 108 Å². The van der Waals surface area contributed by atoms with Crippen molar-refractivity contribution in [1.29, 1.82) is 0 Å². The van der Waals surface area contributed by atoms with E-state index in [9.17, 15) is 0 Å². The molecule has 0 unspecified atom stereocenters. The normalized spacial score (nSPS) is 9.63. The molecule has 0 aliphatic carbocycles. The third-order valence-electron chi connectivity index (χ3n) is 12.8. The largest absolute Gasteiger partial charge is 0.0843 e. The van der Waals surface area contributed by atoms with Crippen LogP contribution in [0.25, 0.3) is 33.4 Å². The van der Waals surface area contributed by atoms with Crippen molar-refractivity contribution >= 4 is 108 Å². The fraction of sp³-hybridized carbons (Fsp3) is 0.122. The Balaban J connectivity index is 0.000000216. The quantitative estimate of drug-likeness (QED) is 0.155. The lowest BCUT2D eigenvalue weighted by atomic mass is 10.0. The Morgan fingerprint density at radius 2 is 0.618 bits per heavy atom. The molecule has 0 radical (unpaired) electrons. The van der Waals surface area contributed by atoms with Crippen molar-refractivity contribution in [3.05, 3.63) is 385 Å². The van der Waals surface area contributed by atoms with Crippen molar-refractivity contribution < 1.29 is 0 Å². The molecule has 0 N–H and O–H groups in total. The molecule has 0 saturated carbocycles. The van der Waals surface area contributed by atoms with Gasteiger partial charge in [0.25, 0.3) is 0 Å². The monoisotopic (exact) mass is 1540 g/mol. The number of hydrogen-bond acceptors (Lipinski definition) is 0. The van der Waals surface area contributed by atoms with Gasteiger partial charge >= 0.3 is 0 Å². The summed E-state index contributed by atoms with van der Waals surface area (Å²) in [5, 5.41) is 2.66. The van der Waals surface area contributed by atoms with Gasteiger partial charge in [0, 0.05) is 21.7 Å². The highest BCUT2D eigenvalue weighted by molar-refractivity contribution is 14.1. The molecule has 12 aromatic carbocycles. The van der Waals surface area contributed by atoms with E-state index in [4.69, 9.17) is 46.4 Å². The fourth-order valence-electron chi connectivity index (χ4n) is 8.13. The topological polar surface area (TPSA) is 0 Å². The van der Waals surface area contributed by atoms with Crippen LogP contribution in [-0.2, 0) is 0 Å². The third-order valence-corrected chi connectivity index (χ3v) is 16.1. The van der Waals surface area contributed by atoms with E-state index in [1.807, 2.05) is 68.4 Å². The van der Waals surface area contributed by atoms with Gasteiger partial charge in [-0.05, 0) is 225 Å². The van der Waals surface area contributed by atoms with Crippen molar-refractivity contribution in [2.24, 2.45) is 0 Å². The Morgan fingerprint density at radius 1 is 0.247 bits per heavy atom. The van der Waals surface area contributed by atoms with Gasteiger partial charge in [0.1, 0.15) is 0 Å². The highest BCUT2D eigenvalue weighted by atomic mass is 127. The van der Waals surface area contributed by atoms with Gasteiger partial charge in [0.2, 0.25) is 0 Å². The predicted octanol–water partition coefficient (Wildman–Crippen LogP) is 27.8. The molecule has 89 heavy (non-hydrogen) atoms. The van der Waals surface area contributed by atoms with Crippen molar-refractivity contribution in [3.8, 4) is 33.4 Å². The summed E-state index contributed by atoms with van der Waals surface area (Å²) < 4.78 is 3.75. The zero-order valence-electron chi connectivity index (χ0n) is 52.4. The maximum absolute atomic E-state index is 5.75. The van der Waals surface area contributed by atoms with Gasteiger partial charge in [-0.15, -0.1) is 0 Å². The standard InChI is InChI=1S/3C13H12.C8H10.C7H7Br.2C7H6Cl2.2C7H7I/c1-11-7-5-6-10-13(11)12-8-3-2-4-9-12;1-11-6-5-9-13(10-11)12-7-3-2-4-8-12;1-11-7-9-13(10-8-11)12-5-3-2-4-6-12;1-7-4-3-5-8(2)6-7;1-6-2-4-7(8)5-3-6;1-5-2-6(8)4-7(9)3-5;1-5-3-2-4-6(8)7(5)9;1-6-2-4-7(8)5-3-6;1-6-3-2-4-7(8)5-6/h3*2-10H,1H3;3-6H,1-2H3;2-5H,1H3;2*2-4H,1H3;2*2-5H,1H3. The molecule has 0 aromatic heterocycles. The van der Waals surface area contributed by atoms with Crippen LogP contribution in [-0.4, -0.2) is 0 Å². The summed E-state index contributed by atoms with van der Waals surface area (Å²) in [6.07, 6.45) is 0. The molecule has 0 saturated heterocycles. The second-order valence-electron chi connectivity index (χ2n) is 21.0. The van der Waals surface area contributed by atoms with Gasteiger partial charge in [-0.1, -0.05) is 338 Å². The first-order valence-electron chi connectivity index (χ1n) is 29.0. The van der Waals surface area contributed by atoms with Crippen LogP contribution in [0, 0.1) is 76.4 Å². The summed E-state index contributed by atoms with van der Waals surface area (Å²) in [6.45, 7) is 20.7. The van der Waals surface area contributed by atoms with E-state index in [0.29, 0.717) is 20.1 Å². The minimum atomic E-state index is 0.622. The SMILES string of the molecule is Cc1cc(Cl)cc(Cl)c1.Cc1ccc(-c2ccccc2)cc1.Cc1ccc(Br)cc1.Cc1ccc(I)cc1.Cc1cccc(-c2ccccc2)c1.Cc1cccc(C)c1.Cc1cccc(Cl)c1Cl.Cc1cccc(I)c1.Cc1ccccc1-c1ccccc1. The summed E-state index contributed by atoms with van der Waals surface area (Å²) in [5.74, 6) is 0. The van der Waals surface area contributed by atoms with Gasteiger partial charge < -0.3 is 0 Å². The van der Waals surface area contributed by atoms with Crippen LogP contribution in [0.5, 0.6) is 0 Å².